The number of ether oxygens (including phenoxy) is 1. The smallest absolute Gasteiger partial charge is 0.127 e. The van der Waals surface area contributed by atoms with E-state index < -0.39 is 0 Å². The Hall–Kier alpha value is -1.28. The summed E-state index contributed by atoms with van der Waals surface area (Å²) in [7, 11) is 1.69. The van der Waals surface area contributed by atoms with Crippen LogP contribution in [-0.4, -0.2) is 7.11 Å². The highest BCUT2D eigenvalue weighted by Gasteiger charge is 2.04. The van der Waals surface area contributed by atoms with Gasteiger partial charge in [-0.05, 0) is 23.8 Å². The average molecular weight is 263 g/mol. The van der Waals surface area contributed by atoms with E-state index in [1.54, 1.807) is 7.11 Å². The summed E-state index contributed by atoms with van der Waals surface area (Å²) >= 11 is 3.43. The van der Waals surface area contributed by atoms with E-state index in [4.69, 9.17) is 4.74 Å². The molecule has 0 heterocycles. The van der Waals surface area contributed by atoms with Crippen LogP contribution in [0.2, 0.25) is 0 Å². The summed E-state index contributed by atoms with van der Waals surface area (Å²) in [4.78, 5) is 0. The van der Waals surface area contributed by atoms with Gasteiger partial charge in [0.05, 0.1) is 7.11 Å². The lowest BCUT2D eigenvalue weighted by atomic mass is 10.1. The lowest BCUT2D eigenvalue weighted by Crippen LogP contribution is -1.87. The molecular formula is C13H11BrO. The zero-order chi connectivity index (χ0) is 10.7. The van der Waals surface area contributed by atoms with Crippen LogP contribution >= 0.6 is 15.9 Å². The Morgan fingerprint density at radius 1 is 1.00 bits per heavy atom. The van der Waals surface area contributed by atoms with Crippen molar-refractivity contribution < 1.29 is 4.74 Å². The molecule has 0 amide bonds. The molecule has 0 fully saturated rings. The number of hydrogen-bond acceptors (Lipinski definition) is 1. The molecule has 0 bridgehead atoms. The van der Waals surface area contributed by atoms with Crippen LogP contribution in [0.5, 0.6) is 5.75 Å². The Morgan fingerprint density at radius 2 is 1.73 bits per heavy atom. The molecule has 0 saturated heterocycles. The molecule has 2 aromatic rings. The van der Waals surface area contributed by atoms with Crippen molar-refractivity contribution in [1.82, 2.24) is 0 Å². The topological polar surface area (TPSA) is 9.23 Å². The minimum Gasteiger partial charge on any atom is -0.496 e. The lowest BCUT2D eigenvalue weighted by molar-refractivity contribution is 0.416. The van der Waals surface area contributed by atoms with Crippen LogP contribution in [0.15, 0.2) is 53.0 Å². The van der Waals surface area contributed by atoms with Gasteiger partial charge in [-0.25, -0.2) is 0 Å². The van der Waals surface area contributed by atoms with Gasteiger partial charge in [-0.2, -0.15) is 0 Å². The second-order valence-corrected chi connectivity index (χ2v) is 4.13. The first kappa shape index (κ1) is 10.2. The third-order valence-corrected chi connectivity index (χ3v) is 2.74. The molecule has 1 nitrogen and oxygen atoms in total. The highest BCUT2D eigenvalue weighted by molar-refractivity contribution is 9.10. The van der Waals surface area contributed by atoms with Crippen molar-refractivity contribution in [1.29, 1.82) is 0 Å². The van der Waals surface area contributed by atoms with Crippen LogP contribution in [0.25, 0.3) is 11.1 Å². The van der Waals surface area contributed by atoms with Gasteiger partial charge in [0, 0.05) is 10.0 Å². The monoisotopic (exact) mass is 262 g/mol. The summed E-state index contributed by atoms with van der Waals surface area (Å²) in [6.45, 7) is 0. The predicted octanol–water partition coefficient (Wildman–Crippen LogP) is 4.12. The Kier molecular flexibility index (Phi) is 3.07. The van der Waals surface area contributed by atoms with E-state index in [0.717, 1.165) is 15.8 Å². The van der Waals surface area contributed by atoms with Gasteiger partial charge >= 0.3 is 0 Å². The number of benzene rings is 2. The van der Waals surface area contributed by atoms with Crippen molar-refractivity contribution >= 4 is 15.9 Å². The molecule has 0 radical (unpaired) electrons. The van der Waals surface area contributed by atoms with Crippen LogP contribution < -0.4 is 4.74 Å². The van der Waals surface area contributed by atoms with Gasteiger partial charge in [-0.1, -0.05) is 46.3 Å². The molecule has 15 heavy (non-hydrogen) atoms. The first-order valence-electron chi connectivity index (χ1n) is 4.70. The van der Waals surface area contributed by atoms with Gasteiger partial charge in [0.1, 0.15) is 5.75 Å². The lowest BCUT2D eigenvalue weighted by Gasteiger charge is -2.08. The van der Waals surface area contributed by atoms with Gasteiger partial charge in [0.25, 0.3) is 0 Å². The summed E-state index contributed by atoms with van der Waals surface area (Å²) in [6.07, 6.45) is 0. The molecule has 76 valence electrons. The van der Waals surface area contributed by atoms with Crippen LogP contribution in [0.3, 0.4) is 0 Å². The first-order valence-corrected chi connectivity index (χ1v) is 5.49. The normalized spacial score (nSPS) is 10.0. The summed E-state index contributed by atoms with van der Waals surface area (Å²) < 4.78 is 6.38. The quantitative estimate of drug-likeness (QED) is 0.791. The van der Waals surface area contributed by atoms with E-state index in [2.05, 4.69) is 34.1 Å². The van der Waals surface area contributed by atoms with Crippen molar-refractivity contribution in [2.75, 3.05) is 7.11 Å². The van der Waals surface area contributed by atoms with Crippen LogP contribution in [0.1, 0.15) is 0 Å². The molecule has 0 atom stereocenters. The first-order chi connectivity index (χ1) is 7.31. The zero-order valence-electron chi connectivity index (χ0n) is 8.41. The zero-order valence-corrected chi connectivity index (χ0v) is 9.99. The summed E-state index contributed by atoms with van der Waals surface area (Å²) in [5.41, 5.74) is 2.28. The molecule has 2 heteroatoms. The Labute approximate surface area is 97.8 Å². The van der Waals surface area contributed by atoms with E-state index in [1.807, 2.05) is 30.3 Å². The number of hydrogen-bond donors (Lipinski definition) is 0. The fraction of sp³-hybridized carbons (Fsp3) is 0.0769. The predicted molar refractivity (Wildman–Crippen MR) is 66.1 cm³/mol. The minimum absolute atomic E-state index is 0.885. The van der Waals surface area contributed by atoms with Crippen molar-refractivity contribution in [2.45, 2.75) is 0 Å². The third-order valence-electron chi connectivity index (χ3n) is 2.25. The minimum atomic E-state index is 0.885. The second-order valence-electron chi connectivity index (χ2n) is 3.21. The van der Waals surface area contributed by atoms with Crippen LogP contribution in [0.4, 0.5) is 0 Å². The third kappa shape index (κ3) is 2.21. The van der Waals surface area contributed by atoms with Gasteiger partial charge in [-0.3, -0.25) is 0 Å². The van der Waals surface area contributed by atoms with Gasteiger partial charge in [-0.15, -0.1) is 0 Å². The highest BCUT2D eigenvalue weighted by Crippen LogP contribution is 2.32. The standard InChI is InChI=1S/C13H11BrO/c1-15-13-9-11(14)7-8-12(13)10-5-3-2-4-6-10/h2-9H,1H3. The number of halogens is 1. The van der Waals surface area contributed by atoms with E-state index >= 15 is 0 Å². The fourth-order valence-corrected chi connectivity index (χ4v) is 1.86. The van der Waals surface area contributed by atoms with Crippen molar-refractivity contribution in [3.8, 4) is 16.9 Å². The molecule has 0 unspecified atom stereocenters. The highest BCUT2D eigenvalue weighted by atomic mass is 79.9. The van der Waals surface area contributed by atoms with Gasteiger partial charge in [0.2, 0.25) is 0 Å². The molecule has 2 aromatic carbocycles. The Bertz CT molecular complexity index is 451. The molecule has 0 aliphatic heterocycles. The summed E-state index contributed by atoms with van der Waals surface area (Å²) in [5.74, 6) is 0.885. The molecule has 0 aromatic heterocycles. The Balaban J connectivity index is 2.53. The van der Waals surface area contributed by atoms with Crippen LogP contribution in [-0.2, 0) is 0 Å². The maximum atomic E-state index is 5.35. The number of rotatable bonds is 2. The van der Waals surface area contributed by atoms with Crippen LogP contribution in [0, 0.1) is 0 Å². The molecule has 0 aliphatic carbocycles. The van der Waals surface area contributed by atoms with Crippen molar-refractivity contribution in [3.05, 3.63) is 53.0 Å². The SMILES string of the molecule is COc1cc(Br)ccc1-c1ccccc1. The largest absolute Gasteiger partial charge is 0.496 e. The molecule has 0 spiro atoms. The maximum absolute atomic E-state index is 5.35. The van der Waals surface area contributed by atoms with E-state index in [1.165, 1.54) is 5.56 Å². The van der Waals surface area contributed by atoms with Crippen molar-refractivity contribution in [2.24, 2.45) is 0 Å². The average Bonchev–Trinajstić information content (AvgIpc) is 2.30. The van der Waals surface area contributed by atoms with E-state index in [9.17, 15) is 0 Å². The maximum Gasteiger partial charge on any atom is 0.127 e. The molecule has 0 N–H and O–H groups in total. The molecule has 0 aliphatic rings. The molecule has 0 saturated carbocycles. The summed E-state index contributed by atoms with van der Waals surface area (Å²) in [6, 6.07) is 16.3. The summed E-state index contributed by atoms with van der Waals surface area (Å²) in [5, 5.41) is 0. The fourth-order valence-electron chi connectivity index (χ4n) is 1.52. The van der Waals surface area contributed by atoms with Crippen molar-refractivity contribution in [3.63, 3.8) is 0 Å². The van der Waals surface area contributed by atoms with E-state index in [0.29, 0.717) is 0 Å². The Morgan fingerprint density at radius 3 is 2.40 bits per heavy atom. The van der Waals surface area contributed by atoms with Gasteiger partial charge < -0.3 is 4.74 Å². The molecular weight excluding hydrogens is 252 g/mol. The van der Waals surface area contributed by atoms with E-state index in [-0.39, 0.29) is 0 Å². The molecule has 2 rings (SSSR count). The van der Waals surface area contributed by atoms with Gasteiger partial charge in [0.15, 0.2) is 0 Å². The second kappa shape index (κ2) is 4.49. The number of methoxy groups -OCH3 is 1.